The van der Waals surface area contributed by atoms with Gasteiger partial charge in [-0.2, -0.15) is 0 Å². The number of benzene rings is 1. The largest absolute Gasteiger partial charge is 0.399 e. The van der Waals surface area contributed by atoms with Gasteiger partial charge in [0, 0.05) is 17.4 Å². The summed E-state index contributed by atoms with van der Waals surface area (Å²) in [6.07, 6.45) is 1.75. The number of amides is 1. The number of nitrogens with one attached hydrogen (secondary N) is 2. The maximum absolute atomic E-state index is 11.7. The summed E-state index contributed by atoms with van der Waals surface area (Å²) < 4.78 is 0. The molecule has 4 heteroatoms. The minimum absolute atomic E-state index is 0.155. The SMILES string of the molecule is Nc1ccc(C(=O)Nc2ccc[nH]2)cc1. The summed E-state index contributed by atoms with van der Waals surface area (Å²) in [7, 11) is 0. The molecular formula is C11H11N3O. The number of hydrogen-bond acceptors (Lipinski definition) is 2. The summed E-state index contributed by atoms with van der Waals surface area (Å²) in [5, 5.41) is 2.72. The summed E-state index contributed by atoms with van der Waals surface area (Å²) in [6.45, 7) is 0. The van der Waals surface area contributed by atoms with Crippen LogP contribution in [0.1, 0.15) is 10.4 Å². The van der Waals surface area contributed by atoms with E-state index in [4.69, 9.17) is 5.73 Å². The molecule has 2 rings (SSSR count). The van der Waals surface area contributed by atoms with Crippen LogP contribution in [0.5, 0.6) is 0 Å². The number of rotatable bonds is 2. The Balaban J connectivity index is 2.11. The first kappa shape index (κ1) is 9.33. The van der Waals surface area contributed by atoms with Gasteiger partial charge in [-0.05, 0) is 36.4 Å². The van der Waals surface area contributed by atoms with E-state index in [0.29, 0.717) is 17.1 Å². The van der Waals surface area contributed by atoms with Gasteiger partial charge < -0.3 is 16.0 Å². The molecule has 0 saturated carbocycles. The third-order valence-corrected chi connectivity index (χ3v) is 2.02. The Morgan fingerprint density at radius 2 is 1.93 bits per heavy atom. The maximum atomic E-state index is 11.7. The Bertz CT molecular complexity index is 445. The molecule has 4 nitrogen and oxygen atoms in total. The van der Waals surface area contributed by atoms with Gasteiger partial charge in [0.1, 0.15) is 5.82 Å². The average molecular weight is 201 g/mol. The molecule has 0 fully saturated rings. The van der Waals surface area contributed by atoms with E-state index in [1.54, 1.807) is 36.5 Å². The molecule has 0 aliphatic rings. The van der Waals surface area contributed by atoms with E-state index in [9.17, 15) is 4.79 Å². The first-order valence-electron chi connectivity index (χ1n) is 4.56. The van der Waals surface area contributed by atoms with Crippen LogP contribution in [0, 0.1) is 0 Å². The molecule has 0 spiro atoms. The molecule has 0 unspecified atom stereocenters. The fourth-order valence-electron chi connectivity index (χ4n) is 1.24. The maximum Gasteiger partial charge on any atom is 0.256 e. The minimum atomic E-state index is -0.155. The van der Waals surface area contributed by atoms with Crippen LogP contribution in [0.15, 0.2) is 42.6 Å². The van der Waals surface area contributed by atoms with Crippen LogP contribution in [-0.2, 0) is 0 Å². The van der Waals surface area contributed by atoms with Crippen molar-refractivity contribution in [1.29, 1.82) is 0 Å². The summed E-state index contributed by atoms with van der Waals surface area (Å²) in [6, 6.07) is 10.4. The highest BCUT2D eigenvalue weighted by atomic mass is 16.1. The van der Waals surface area contributed by atoms with Gasteiger partial charge in [0.2, 0.25) is 0 Å². The third-order valence-electron chi connectivity index (χ3n) is 2.02. The van der Waals surface area contributed by atoms with Crippen LogP contribution in [-0.4, -0.2) is 10.9 Å². The summed E-state index contributed by atoms with van der Waals surface area (Å²) in [4.78, 5) is 14.5. The molecule has 0 atom stereocenters. The molecule has 0 saturated heterocycles. The number of H-pyrrole nitrogens is 1. The molecule has 0 aliphatic heterocycles. The van der Waals surface area contributed by atoms with Crippen molar-refractivity contribution < 1.29 is 4.79 Å². The summed E-state index contributed by atoms with van der Waals surface area (Å²) >= 11 is 0. The van der Waals surface area contributed by atoms with Gasteiger partial charge in [0.05, 0.1) is 0 Å². The van der Waals surface area contributed by atoms with Gasteiger partial charge in [-0.3, -0.25) is 4.79 Å². The second-order valence-corrected chi connectivity index (χ2v) is 3.16. The second-order valence-electron chi connectivity index (χ2n) is 3.16. The first-order valence-corrected chi connectivity index (χ1v) is 4.56. The van der Waals surface area contributed by atoms with Gasteiger partial charge in [-0.1, -0.05) is 0 Å². The Kier molecular flexibility index (Phi) is 2.41. The molecule has 76 valence electrons. The van der Waals surface area contributed by atoms with Gasteiger partial charge in [0.15, 0.2) is 0 Å². The molecule has 1 aromatic carbocycles. The molecular weight excluding hydrogens is 190 g/mol. The lowest BCUT2D eigenvalue weighted by molar-refractivity contribution is 0.102. The quantitative estimate of drug-likeness (QED) is 0.649. The van der Waals surface area contributed by atoms with Crippen LogP contribution in [0.3, 0.4) is 0 Å². The normalized spacial score (nSPS) is 9.87. The van der Waals surface area contributed by atoms with Crippen molar-refractivity contribution in [2.45, 2.75) is 0 Å². The lowest BCUT2D eigenvalue weighted by Gasteiger charge is -2.02. The van der Waals surface area contributed by atoms with E-state index in [-0.39, 0.29) is 5.91 Å². The predicted molar refractivity (Wildman–Crippen MR) is 59.6 cm³/mol. The lowest BCUT2D eigenvalue weighted by atomic mass is 10.2. The number of carbonyl (C=O) groups is 1. The second kappa shape index (κ2) is 3.88. The molecule has 1 amide bonds. The highest BCUT2D eigenvalue weighted by Gasteiger charge is 2.05. The molecule has 4 N–H and O–H groups in total. The van der Waals surface area contributed by atoms with Crippen molar-refractivity contribution in [2.75, 3.05) is 11.1 Å². The van der Waals surface area contributed by atoms with Crippen molar-refractivity contribution in [3.8, 4) is 0 Å². The van der Waals surface area contributed by atoms with Crippen molar-refractivity contribution in [3.05, 3.63) is 48.2 Å². The smallest absolute Gasteiger partial charge is 0.256 e. The number of carbonyl (C=O) groups excluding carboxylic acids is 1. The monoisotopic (exact) mass is 201 g/mol. The van der Waals surface area contributed by atoms with Crippen molar-refractivity contribution in [1.82, 2.24) is 4.98 Å². The van der Waals surface area contributed by atoms with Crippen LogP contribution < -0.4 is 11.1 Å². The fourth-order valence-corrected chi connectivity index (χ4v) is 1.24. The molecule has 0 aliphatic carbocycles. The van der Waals surface area contributed by atoms with E-state index < -0.39 is 0 Å². The Hall–Kier alpha value is -2.23. The van der Waals surface area contributed by atoms with Gasteiger partial charge in [0.25, 0.3) is 5.91 Å². The standard InChI is InChI=1S/C11H11N3O/c12-9-5-3-8(4-6-9)11(15)14-10-2-1-7-13-10/h1-7,13H,12H2,(H,14,15). The zero-order valence-electron chi connectivity index (χ0n) is 8.03. The van der Waals surface area contributed by atoms with E-state index in [2.05, 4.69) is 10.3 Å². The van der Waals surface area contributed by atoms with Crippen LogP contribution >= 0.6 is 0 Å². The molecule has 15 heavy (non-hydrogen) atoms. The van der Waals surface area contributed by atoms with Gasteiger partial charge in [-0.25, -0.2) is 0 Å². The van der Waals surface area contributed by atoms with Gasteiger partial charge >= 0.3 is 0 Å². The lowest BCUT2D eigenvalue weighted by Crippen LogP contribution is -2.11. The fraction of sp³-hybridized carbons (Fsp3) is 0. The molecule has 0 radical (unpaired) electrons. The highest BCUT2D eigenvalue weighted by molar-refractivity contribution is 6.03. The van der Waals surface area contributed by atoms with Gasteiger partial charge in [-0.15, -0.1) is 0 Å². The molecule has 1 aromatic heterocycles. The third kappa shape index (κ3) is 2.17. The van der Waals surface area contributed by atoms with E-state index in [1.165, 1.54) is 0 Å². The van der Waals surface area contributed by atoms with Crippen LogP contribution in [0.4, 0.5) is 11.5 Å². The van der Waals surface area contributed by atoms with Crippen molar-refractivity contribution in [3.63, 3.8) is 0 Å². The van der Waals surface area contributed by atoms with Crippen molar-refractivity contribution >= 4 is 17.4 Å². The summed E-state index contributed by atoms with van der Waals surface area (Å²) in [5.41, 5.74) is 6.75. The molecule has 1 heterocycles. The number of hydrogen-bond donors (Lipinski definition) is 3. The van der Waals surface area contributed by atoms with Crippen LogP contribution in [0.25, 0.3) is 0 Å². The number of nitrogens with two attached hydrogens (primary N) is 1. The number of anilines is 2. The summed E-state index contributed by atoms with van der Waals surface area (Å²) in [5.74, 6) is 0.522. The first-order chi connectivity index (χ1) is 7.25. The minimum Gasteiger partial charge on any atom is -0.399 e. The molecule has 0 bridgehead atoms. The van der Waals surface area contributed by atoms with E-state index in [0.717, 1.165) is 0 Å². The number of aromatic nitrogens is 1. The number of aromatic amines is 1. The highest BCUT2D eigenvalue weighted by Crippen LogP contribution is 2.08. The topological polar surface area (TPSA) is 70.9 Å². The Morgan fingerprint density at radius 1 is 1.20 bits per heavy atom. The Labute approximate surface area is 87.1 Å². The number of nitrogen functional groups attached to an aromatic ring is 1. The van der Waals surface area contributed by atoms with E-state index >= 15 is 0 Å². The predicted octanol–water partition coefficient (Wildman–Crippen LogP) is 1.85. The van der Waals surface area contributed by atoms with Crippen molar-refractivity contribution in [2.24, 2.45) is 0 Å². The zero-order chi connectivity index (χ0) is 10.7. The zero-order valence-corrected chi connectivity index (χ0v) is 8.03. The molecule has 2 aromatic rings. The van der Waals surface area contributed by atoms with Crippen LogP contribution in [0.2, 0.25) is 0 Å². The Morgan fingerprint density at radius 3 is 2.53 bits per heavy atom. The average Bonchev–Trinajstić information content (AvgIpc) is 2.71. The van der Waals surface area contributed by atoms with E-state index in [1.807, 2.05) is 6.07 Å².